The molecule has 1 aromatic heterocycles. The smallest absolute Gasteiger partial charge is 0.221 e. The quantitative estimate of drug-likeness (QED) is 0.869. The first-order valence-corrected chi connectivity index (χ1v) is 6.61. The zero-order valence-electron chi connectivity index (χ0n) is 11.4. The Morgan fingerprint density at radius 2 is 1.95 bits per heavy atom. The van der Waals surface area contributed by atoms with Crippen molar-refractivity contribution in [2.24, 2.45) is 5.10 Å². The number of rotatable bonds is 4. The number of hydrogen-bond acceptors (Lipinski definition) is 5. The van der Waals surface area contributed by atoms with Gasteiger partial charge in [0, 0.05) is 10.0 Å². The van der Waals surface area contributed by atoms with Gasteiger partial charge in [-0.15, -0.1) is 0 Å². The second-order valence-electron chi connectivity index (χ2n) is 4.06. The number of benzene rings is 1. The Labute approximate surface area is 125 Å². The number of hydrogen-bond donors (Lipinski definition) is 1. The molecule has 0 aliphatic carbocycles. The maximum absolute atomic E-state index is 5.73. The molecule has 0 amide bonds. The lowest BCUT2D eigenvalue weighted by Gasteiger charge is -2.09. The van der Waals surface area contributed by atoms with Crippen molar-refractivity contribution in [2.75, 3.05) is 20.0 Å². The van der Waals surface area contributed by atoms with Crippen LogP contribution in [-0.2, 0) is 0 Å². The van der Waals surface area contributed by atoms with E-state index in [-0.39, 0.29) is 0 Å². The third kappa shape index (κ3) is 2.93. The highest BCUT2D eigenvalue weighted by molar-refractivity contribution is 9.10. The minimum Gasteiger partial charge on any atom is -0.493 e. The largest absolute Gasteiger partial charge is 0.493 e. The molecule has 1 aromatic carbocycles. The SMILES string of the molecule is COc1cc(Br)c(C=Nn2cc(C)nc2N)cc1OC. The lowest BCUT2D eigenvalue weighted by molar-refractivity contribution is 0.354. The van der Waals surface area contributed by atoms with Crippen LogP contribution in [0.1, 0.15) is 11.3 Å². The van der Waals surface area contributed by atoms with E-state index in [4.69, 9.17) is 15.2 Å². The standard InChI is InChI=1S/C13H15BrN4O2/c1-8-7-18(13(15)17-8)16-6-9-4-11(19-2)12(20-3)5-10(9)14/h4-7H,1-3H3,(H2,15,17). The van der Waals surface area contributed by atoms with Gasteiger partial charge in [-0.3, -0.25) is 0 Å². The van der Waals surface area contributed by atoms with Crippen molar-refractivity contribution in [3.8, 4) is 11.5 Å². The molecule has 6 nitrogen and oxygen atoms in total. The first kappa shape index (κ1) is 14.4. The molecule has 2 aromatic rings. The van der Waals surface area contributed by atoms with Gasteiger partial charge in [0.15, 0.2) is 11.5 Å². The van der Waals surface area contributed by atoms with Crippen LogP contribution in [0.2, 0.25) is 0 Å². The summed E-state index contributed by atoms with van der Waals surface area (Å²) in [7, 11) is 3.18. The monoisotopic (exact) mass is 338 g/mol. The van der Waals surface area contributed by atoms with Gasteiger partial charge in [0.05, 0.1) is 32.3 Å². The minimum atomic E-state index is 0.343. The van der Waals surface area contributed by atoms with E-state index in [1.807, 2.05) is 19.1 Å². The number of nitrogen functional groups attached to an aromatic ring is 1. The fourth-order valence-corrected chi connectivity index (χ4v) is 2.11. The van der Waals surface area contributed by atoms with E-state index in [2.05, 4.69) is 26.0 Å². The first-order chi connectivity index (χ1) is 9.55. The second-order valence-corrected chi connectivity index (χ2v) is 4.91. The number of aromatic nitrogens is 2. The van der Waals surface area contributed by atoms with Crippen LogP contribution < -0.4 is 15.2 Å². The van der Waals surface area contributed by atoms with E-state index in [0.29, 0.717) is 17.4 Å². The van der Waals surface area contributed by atoms with Crippen LogP contribution in [0, 0.1) is 6.92 Å². The van der Waals surface area contributed by atoms with Crippen LogP contribution in [0.15, 0.2) is 27.9 Å². The molecule has 106 valence electrons. The molecule has 20 heavy (non-hydrogen) atoms. The molecule has 0 unspecified atom stereocenters. The number of imidazole rings is 1. The average molecular weight is 339 g/mol. The Morgan fingerprint density at radius 3 is 2.50 bits per heavy atom. The highest BCUT2D eigenvalue weighted by atomic mass is 79.9. The first-order valence-electron chi connectivity index (χ1n) is 5.82. The molecular weight excluding hydrogens is 324 g/mol. The average Bonchev–Trinajstić information content (AvgIpc) is 2.75. The number of aryl methyl sites for hydroxylation is 1. The summed E-state index contributed by atoms with van der Waals surface area (Å²) in [6, 6.07) is 3.65. The summed E-state index contributed by atoms with van der Waals surface area (Å²) in [6.07, 6.45) is 3.42. The molecule has 1 heterocycles. The molecule has 0 saturated carbocycles. The summed E-state index contributed by atoms with van der Waals surface area (Å²) < 4.78 is 12.8. The minimum absolute atomic E-state index is 0.343. The Morgan fingerprint density at radius 1 is 1.30 bits per heavy atom. The molecule has 0 radical (unpaired) electrons. The van der Waals surface area contributed by atoms with E-state index >= 15 is 0 Å². The van der Waals surface area contributed by atoms with Gasteiger partial charge in [-0.1, -0.05) is 0 Å². The number of halogens is 1. The van der Waals surface area contributed by atoms with Crippen LogP contribution in [0.3, 0.4) is 0 Å². The molecular formula is C13H15BrN4O2. The Bertz CT molecular complexity index is 652. The van der Waals surface area contributed by atoms with Crippen LogP contribution in [-0.4, -0.2) is 30.1 Å². The number of ether oxygens (including phenoxy) is 2. The van der Waals surface area contributed by atoms with Gasteiger partial charge in [-0.2, -0.15) is 5.10 Å². The van der Waals surface area contributed by atoms with Crippen LogP contribution in [0.5, 0.6) is 11.5 Å². The summed E-state index contributed by atoms with van der Waals surface area (Å²) in [5.74, 6) is 1.62. The molecule has 0 aliphatic heterocycles. The molecule has 2 rings (SSSR count). The fourth-order valence-electron chi connectivity index (χ4n) is 1.69. The van der Waals surface area contributed by atoms with E-state index < -0.39 is 0 Å². The van der Waals surface area contributed by atoms with Gasteiger partial charge in [0.25, 0.3) is 0 Å². The van der Waals surface area contributed by atoms with Crippen LogP contribution >= 0.6 is 15.9 Å². The molecule has 0 bridgehead atoms. The van der Waals surface area contributed by atoms with Crippen molar-refractivity contribution in [1.82, 2.24) is 9.66 Å². The van der Waals surface area contributed by atoms with Crippen molar-refractivity contribution in [2.45, 2.75) is 6.92 Å². The third-order valence-electron chi connectivity index (χ3n) is 2.66. The molecule has 7 heteroatoms. The second kappa shape index (κ2) is 5.96. The van der Waals surface area contributed by atoms with Crippen molar-refractivity contribution in [3.05, 3.63) is 34.1 Å². The predicted octanol–water partition coefficient (Wildman–Crippen LogP) is 2.44. The summed E-state index contributed by atoms with van der Waals surface area (Å²) in [5.41, 5.74) is 7.38. The van der Waals surface area contributed by atoms with Crippen molar-refractivity contribution < 1.29 is 9.47 Å². The van der Waals surface area contributed by atoms with Gasteiger partial charge >= 0.3 is 0 Å². The third-order valence-corrected chi connectivity index (χ3v) is 3.35. The normalized spacial score (nSPS) is 11.0. The molecule has 2 N–H and O–H groups in total. The number of anilines is 1. The zero-order chi connectivity index (χ0) is 14.7. The van der Waals surface area contributed by atoms with E-state index in [0.717, 1.165) is 15.7 Å². The summed E-state index contributed by atoms with van der Waals surface area (Å²) >= 11 is 3.47. The number of nitrogens with zero attached hydrogens (tertiary/aromatic N) is 3. The molecule has 0 atom stereocenters. The highest BCUT2D eigenvalue weighted by Gasteiger charge is 2.08. The van der Waals surface area contributed by atoms with Crippen molar-refractivity contribution in [1.29, 1.82) is 0 Å². The Kier molecular flexibility index (Phi) is 4.29. The Balaban J connectivity index is 2.36. The molecule has 0 aliphatic rings. The predicted molar refractivity (Wildman–Crippen MR) is 81.6 cm³/mol. The van der Waals surface area contributed by atoms with E-state index in [1.54, 1.807) is 26.6 Å². The topological polar surface area (TPSA) is 74.7 Å². The lowest BCUT2D eigenvalue weighted by atomic mass is 10.2. The van der Waals surface area contributed by atoms with Crippen molar-refractivity contribution in [3.63, 3.8) is 0 Å². The van der Waals surface area contributed by atoms with Gasteiger partial charge in [0.1, 0.15) is 0 Å². The van der Waals surface area contributed by atoms with Crippen LogP contribution in [0.25, 0.3) is 0 Å². The van der Waals surface area contributed by atoms with Gasteiger partial charge in [0.2, 0.25) is 5.95 Å². The summed E-state index contributed by atoms with van der Waals surface area (Å²) in [4.78, 5) is 4.08. The molecule has 0 fully saturated rings. The van der Waals surface area contributed by atoms with E-state index in [9.17, 15) is 0 Å². The number of methoxy groups -OCH3 is 2. The van der Waals surface area contributed by atoms with E-state index in [1.165, 1.54) is 4.68 Å². The molecule has 0 saturated heterocycles. The maximum atomic E-state index is 5.73. The van der Waals surface area contributed by atoms with Gasteiger partial charge in [-0.05, 0) is 35.0 Å². The zero-order valence-corrected chi connectivity index (χ0v) is 13.0. The molecule has 0 spiro atoms. The highest BCUT2D eigenvalue weighted by Crippen LogP contribution is 2.32. The number of nitrogens with two attached hydrogens (primary N) is 1. The van der Waals surface area contributed by atoms with Gasteiger partial charge in [-0.25, -0.2) is 9.66 Å². The lowest BCUT2D eigenvalue weighted by Crippen LogP contribution is -1.98. The van der Waals surface area contributed by atoms with Crippen molar-refractivity contribution >= 4 is 28.1 Å². The Hall–Kier alpha value is -2.02. The maximum Gasteiger partial charge on any atom is 0.221 e. The fraction of sp³-hybridized carbons (Fsp3) is 0.231. The summed E-state index contributed by atoms with van der Waals surface area (Å²) in [6.45, 7) is 1.86. The van der Waals surface area contributed by atoms with Gasteiger partial charge < -0.3 is 15.2 Å². The summed E-state index contributed by atoms with van der Waals surface area (Å²) in [5, 5.41) is 4.27. The van der Waals surface area contributed by atoms with Crippen LogP contribution in [0.4, 0.5) is 5.95 Å².